The van der Waals surface area contributed by atoms with E-state index in [1.54, 1.807) is 14.2 Å². The second-order valence-corrected chi connectivity index (χ2v) is 4.42. The molecule has 17 heavy (non-hydrogen) atoms. The van der Waals surface area contributed by atoms with Crippen LogP contribution in [0, 0.1) is 20.8 Å². The van der Waals surface area contributed by atoms with Crippen molar-refractivity contribution in [2.24, 2.45) is 0 Å². The zero-order valence-corrected chi connectivity index (χ0v) is 12.0. The number of hydrogen-bond donors (Lipinski definition) is 1. The molecule has 3 nitrogen and oxygen atoms in total. The number of halogens is 1. The first kappa shape index (κ1) is 14.3. The molecular formula is C13H20ClNO2. The van der Waals surface area contributed by atoms with E-state index < -0.39 is 0 Å². The zero-order valence-electron chi connectivity index (χ0n) is 11.3. The van der Waals surface area contributed by atoms with E-state index in [0.29, 0.717) is 0 Å². The maximum absolute atomic E-state index is 6.34. The maximum Gasteiger partial charge on any atom is 0.137 e. The van der Waals surface area contributed by atoms with Crippen LogP contribution in [0.2, 0.25) is 5.02 Å². The Labute approximate surface area is 108 Å². The van der Waals surface area contributed by atoms with Crippen molar-refractivity contribution in [3.05, 3.63) is 27.3 Å². The molecule has 1 rings (SSSR count). The van der Waals surface area contributed by atoms with Crippen LogP contribution in [0.4, 0.5) is 0 Å². The first-order valence-corrected chi connectivity index (χ1v) is 5.90. The number of benzene rings is 1. The topological polar surface area (TPSA) is 30.5 Å². The summed E-state index contributed by atoms with van der Waals surface area (Å²) in [5.74, 6) is 0.839. The van der Waals surface area contributed by atoms with Crippen LogP contribution in [0.3, 0.4) is 0 Å². The number of methoxy groups -OCH3 is 2. The lowest BCUT2D eigenvalue weighted by Crippen LogP contribution is -2.20. The molecule has 0 spiro atoms. The van der Waals surface area contributed by atoms with Gasteiger partial charge in [0.1, 0.15) is 12.0 Å². The van der Waals surface area contributed by atoms with Gasteiger partial charge in [0.2, 0.25) is 0 Å². The first-order chi connectivity index (χ1) is 7.99. The van der Waals surface area contributed by atoms with Gasteiger partial charge in [-0.15, -0.1) is 0 Å². The lowest BCUT2D eigenvalue weighted by Gasteiger charge is -2.24. The van der Waals surface area contributed by atoms with E-state index in [1.807, 2.05) is 27.8 Å². The van der Waals surface area contributed by atoms with E-state index in [1.165, 1.54) is 0 Å². The Hall–Kier alpha value is -0.770. The van der Waals surface area contributed by atoms with Crippen LogP contribution in [0.15, 0.2) is 0 Å². The average molecular weight is 258 g/mol. The summed E-state index contributed by atoms with van der Waals surface area (Å²) in [5.41, 5.74) is 4.06. The molecule has 0 aliphatic heterocycles. The normalized spacial score (nSPS) is 12.6. The molecule has 1 aromatic carbocycles. The van der Waals surface area contributed by atoms with E-state index in [9.17, 15) is 0 Å². The second kappa shape index (κ2) is 5.71. The van der Waals surface area contributed by atoms with Gasteiger partial charge in [0.05, 0.1) is 7.11 Å². The van der Waals surface area contributed by atoms with E-state index in [-0.39, 0.29) is 6.23 Å². The van der Waals surface area contributed by atoms with Crippen LogP contribution in [-0.4, -0.2) is 21.3 Å². The van der Waals surface area contributed by atoms with Gasteiger partial charge in [0.25, 0.3) is 0 Å². The highest BCUT2D eigenvalue weighted by Crippen LogP contribution is 2.39. The third-order valence-electron chi connectivity index (χ3n) is 3.17. The molecule has 0 aliphatic rings. The molecule has 0 fully saturated rings. The summed E-state index contributed by atoms with van der Waals surface area (Å²) in [6.45, 7) is 5.99. The summed E-state index contributed by atoms with van der Waals surface area (Å²) in [6.07, 6.45) is -0.221. The fourth-order valence-corrected chi connectivity index (χ4v) is 2.31. The van der Waals surface area contributed by atoms with Gasteiger partial charge in [-0.3, -0.25) is 5.32 Å². The van der Waals surface area contributed by atoms with Gasteiger partial charge in [-0.25, -0.2) is 0 Å². The van der Waals surface area contributed by atoms with Crippen molar-refractivity contribution in [2.45, 2.75) is 27.0 Å². The Morgan fingerprint density at radius 1 is 1.06 bits per heavy atom. The van der Waals surface area contributed by atoms with Crippen LogP contribution >= 0.6 is 11.6 Å². The minimum Gasteiger partial charge on any atom is -0.496 e. The predicted octanol–water partition coefficient (Wildman–Crippen LogP) is 3.14. The third-order valence-corrected chi connectivity index (χ3v) is 3.74. The molecule has 0 heterocycles. The van der Waals surface area contributed by atoms with Crippen LogP contribution in [0.1, 0.15) is 28.5 Å². The van der Waals surface area contributed by atoms with Gasteiger partial charge in [0, 0.05) is 17.7 Å². The number of ether oxygens (including phenoxy) is 2. The van der Waals surface area contributed by atoms with Crippen molar-refractivity contribution in [2.75, 3.05) is 21.3 Å². The summed E-state index contributed by atoms with van der Waals surface area (Å²) in [4.78, 5) is 0. The van der Waals surface area contributed by atoms with Gasteiger partial charge in [0.15, 0.2) is 0 Å². The molecule has 1 aromatic rings. The van der Waals surface area contributed by atoms with Gasteiger partial charge in [-0.1, -0.05) is 11.6 Å². The summed E-state index contributed by atoms with van der Waals surface area (Å²) >= 11 is 6.34. The standard InChI is InChI=1S/C13H20ClNO2/c1-7-8(2)12(16-5)10(9(3)11(7)14)13(15-4)17-6/h13,15H,1-6H3. The Morgan fingerprint density at radius 2 is 1.65 bits per heavy atom. The summed E-state index contributed by atoms with van der Waals surface area (Å²) in [5, 5.41) is 3.87. The molecule has 0 aromatic heterocycles. The number of rotatable bonds is 4. The van der Waals surface area contributed by atoms with Crippen molar-refractivity contribution in [3.63, 3.8) is 0 Å². The third kappa shape index (κ3) is 2.41. The first-order valence-electron chi connectivity index (χ1n) is 5.52. The number of nitrogens with one attached hydrogen (secondary N) is 1. The maximum atomic E-state index is 6.34. The largest absolute Gasteiger partial charge is 0.496 e. The van der Waals surface area contributed by atoms with E-state index in [0.717, 1.165) is 33.0 Å². The highest BCUT2D eigenvalue weighted by Gasteiger charge is 2.22. The monoisotopic (exact) mass is 257 g/mol. The van der Waals surface area contributed by atoms with Crippen molar-refractivity contribution in [1.29, 1.82) is 0 Å². The van der Waals surface area contributed by atoms with Crippen molar-refractivity contribution in [3.8, 4) is 5.75 Å². The van der Waals surface area contributed by atoms with Crippen LogP contribution < -0.4 is 10.1 Å². The van der Waals surface area contributed by atoms with Crippen LogP contribution in [0.5, 0.6) is 5.75 Å². The van der Waals surface area contributed by atoms with Gasteiger partial charge in [-0.2, -0.15) is 0 Å². The Bertz CT molecular complexity index is 415. The molecule has 0 radical (unpaired) electrons. The molecule has 0 aliphatic carbocycles. The molecule has 0 amide bonds. The minimum absolute atomic E-state index is 0.221. The summed E-state index contributed by atoms with van der Waals surface area (Å²) < 4.78 is 10.9. The molecule has 0 saturated heterocycles. The summed E-state index contributed by atoms with van der Waals surface area (Å²) in [6, 6.07) is 0. The van der Waals surface area contributed by atoms with Crippen molar-refractivity contribution < 1.29 is 9.47 Å². The zero-order chi connectivity index (χ0) is 13.2. The molecule has 1 N–H and O–H groups in total. The van der Waals surface area contributed by atoms with E-state index >= 15 is 0 Å². The fraction of sp³-hybridized carbons (Fsp3) is 0.538. The Morgan fingerprint density at radius 3 is 2.06 bits per heavy atom. The molecule has 1 unspecified atom stereocenters. The lowest BCUT2D eigenvalue weighted by atomic mass is 9.97. The predicted molar refractivity (Wildman–Crippen MR) is 71.0 cm³/mol. The average Bonchev–Trinajstić information content (AvgIpc) is 2.34. The quantitative estimate of drug-likeness (QED) is 0.841. The molecule has 0 bridgehead atoms. The smallest absolute Gasteiger partial charge is 0.137 e. The Kier molecular flexibility index (Phi) is 4.80. The molecular weight excluding hydrogens is 238 g/mol. The van der Waals surface area contributed by atoms with Crippen molar-refractivity contribution in [1.82, 2.24) is 5.32 Å². The minimum atomic E-state index is -0.221. The second-order valence-electron chi connectivity index (χ2n) is 4.04. The summed E-state index contributed by atoms with van der Waals surface area (Å²) in [7, 11) is 5.17. The van der Waals surface area contributed by atoms with Crippen LogP contribution in [-0.2, 0) is 4.74 Å². The van der Waals surface area contributed by atoms with Crippen LogP contribution in [0.25, 0.3) is 0 Å². The SMILES string of the molecule is CNC(OC)c1c(C)c(Cl)c(C)c(C)c1OC. The number of hydrogen-bond acceptors (Lipinski definition) is 3. The highest BCUT2D eigenvalue weighted by molar-refractivity contribution is 6.32. The van der Waals surface area contributed by atoms with Gasteiger partial charge in [-0.05, 0) is 44.5 Å². The lowest BCUT2D eigenvalue weighted by molar-refractivity contribution is 0.0780. The molecule has 4 heteroatoms. The Balaban J connectivity index is 3.56. The fourth-order valence-electron chi connectivity index (χ4n) is 2.07. The van der Waals surface area contributed by atoms with E-state index in [2.05, 4.69) is 5.32 Å². The highest BCUT2D eigenvalue weighted by atomic mass is 35.5. The van der Waals surface area contributed by atoms with Gasteiger partial charge < -0.3 is 9.47 Å². The van der Waals surface area contributed by atoms with Gasteiger partial charge >= 0.3 is 0 Å². The molecule has 96 valence electrons. The molecule has 1 atom stereocenters. The van der Waals surface area contributed by atoms with Crippen molar-refractivity contribution >= 4 is 11.6 Å². The van der Waals surface area contributed by atoms with E-state index in [4.69, 9.17) is 21.1 Å². The molecule has 0 saturated carbocycles.